The Bertz CT molecular complexity index is 2000. The summed E-state index contributed by atoms with van der Waals surface area (Å²) in [5.74, 6) is 0.551. The number of carbonyl (C=O) groups is 2. The fraction of sp³-hybridized carbons (Fsp3) is 0.400. The highest BCUT2D eigenvalue weighted by Crippen LogP contribution is 2.44. The molecule has 2 atom stereocenters. The summed E-state index contributed by atoms with van der Waals surface area (Å²) in [6.45, 7) is 8.72. The molecular formula is C40H46ClN5O6. The molecule has 1 amide bonds. The van der Waals surface area contributed by atoms with Gasteiger partial charge in [-0.3, -0.25) is 14.9 Å². The lowest BCUT2D eigenvalue weighted by Gasteiger charge is -2.22. The standard InChI is InChI=1S/C40H46ClN5O6/c1-22-18-32(45-38(51-6)31(22)21-42-20-25-13-16-34(47)44-25)30-12-8-11-29(35(30)41)26-9-7-10-28-27(26)14-15-33(28)52-36-23(2)17-24(37(46-36)50-5)19-43-40(3,4)39(48)49/h7-12,17-18,25,33,42-43H,13-16,19-21H2,1-6H3,(H,44,47)(H,48,49)/t25-,33-/m0/s1. The molecule has 3 heterocycles. The van der Waals surface area contributed by atoms with Gasteiger partial charge < -0.3 is 30.0 Å². The largest absolute Gasteiger partial charge is 0.481 e. The number of ether oxygens (including phenoxy) is 3. The first kappa shape index (κ1) is 37.1. The fourth-order valence-corrected chi connectivity index (χ4v) is 7.23. The zero-order valence-electron chi connectivity index (χ0n) is 30.5. The van der Waals surface area contributed by atoms with Gasteiger partial charge in [-0.15, -0.1) is 0 Å². The second kappa shape index (κ2) is 15.5. The third kappa shape index (κ3) is 7.72. The molecule has 2 aromatic heterocycles. The summed E-state index contributed by atoms with van der Waals surface area (Å²) in [6.07, 6.45) is 2.76. The Labute approximate surface area is 309 Å². The van der Waals surface area contributed by atoms with Crippen molar-refractivity contribution in [3.63, 3.8) is 0 Å². The van der Waals surface area contributed by atoms with Crippen LogP contribution in [0, 0.1) is 13.8 Å². The quantitative estimate of drug-likeness (QED) is 0.114. The van der Waals surface area contributed by atoms with Gasteiger partial charge in [0.05, 0.1) is 24.9 Å². The van der Waals surface area contributed by atoms with Crippen molar-refractivity contribution in [2.24, 2.45) is 0 Å². The molecule has 0 spiro atoms. The third-order valence-electron chi connectivity index (χ3n) is 9.97. The molecule has 274 valence electrons. The molecule has 2 aliphatic rings. The third-order valence-corrected chi connectivity index (χ3v) is 10.4. The van der Waals surface area contributed by atoms with E-state index in [1.54, 1.807) is 28.1 Å². The Hall–Kier alpha value is -4.71. The zero-order valence-corrected chi connectivity index (χ0v) is 31.2. The molecule has 1 saturated heterocycles. The molecule has 1 fully saturated rings. The number of rotatable bonds is 14. The molecule has 4 N–H and O–H groups in total. The van der Waals surface area contributed by atoms with E-state index in [0.29, 0.717) is 42.2 Å². The van der Waals surface area contributed by atoms with E-state index in [4.69, 9.17) is 30.8 Å². The number of carboxylic acid groups (broad SMARTS) is 1. The predicted molar refractivity (Wildman–Crippen MR) is 200 cm³/mol. The van der Waals surface area contributed by atoms with Gasteiger partial charge in [0.2, 0.25) is 23.5 Å². The maximum absolute atomic E-state index is 11.6. The van der Waals surface area contributed by atoms with E-state index in [1.807, 2.05) is 50.2 Å². The van der Waals surface area contributed by atoms with Crippen LogP contribution in [0.5, 0.6) is 17.6 Å². The van der Waals surface area contributed by atoms with E-state index in [9.17, 15) is 14.7 Å². The lowest BCUT2D eigenvalue weighted by atomic mass is 9.94. The first-order chi connectivity index (χ1) is 24.9. The molecule has 0 radical (unpaired) electrons. The van der Waals surface area contributed by atoms with E-state index in [2.05, 4.69) is 33.1 Å². The fourth-order valence-electron chi connectivity index (χ4n) is 6.91. The smallest absolute Gasteiger partial charge is 0.323 e. The van der Waals surface area contributed by atoms with Gasteiger partial charge in [-0.05, 0) is 81.3 Å². The van der Waals surface area contributed by atoms with Gasteiger partial charge in [0.25, 0.3) is 0 Å². The van der Waals surface area contributed by atoms with Gasteiger partial charge in [-0.25, -0.2) is 4.98 Å². The number of aliphatic carboxylic acids is 1. The molecule has 52 heavy (non-hydrogen) atoms. The molecule has 0 bridgehead atoms. The van der Waals surface area contributed by atoms with Crippen molar-refractivity contribution in [3.05, 3.63) is 86.9 Å². The van der Waals surface area contributed by atoms with Crippen molar-refractivity contribution in [2.75, 3.05) is 20.8 Å². The maximum atomic E-state index is 11.6. The first-order valence-corrected chi connectivity index (χ1v) is 17.9. The highest BCUT2D eigenvalue weighted by atomic mass is 35.5. The molecule has 11 nitrogen and oxygen atoms in total. The minimum absolute atomic E-state index is 0.102. The van der Waals surface area contributed by atoms with Crippen molar-refractivity contribution in [2.45, 2.75) is 84.2 Å². The molecule has 0 saturated carbocycles. The minimum atomic E-state index is -1.11. The number of methoxy groups -OCH3 is 2. The van der Waals surface area contributed by atoms with E-state index in [0.717, 1.165) is 69.5 Å². The second-order valence-corrected chi connectivity index (χ2v) is 14.4. The van der Waals surface area contributed by atoms with Gasteiger partial charge >= 0.3 is 5.97 Å². The van der Waals surface area contributed by atoms with Crippen molar-refractivity contribution in [1.29, 1.82) is 0 Å². The van der Waals surface area contributed by atoms with Gasteiger partial charge in [-0.2, -0.15) is 4.98 Å². The summed E-state index contributed by atoms with van der Waals surface area (Å²) in [7, 11) is 3.17. The topological polar surface area (TPSA) is 144 Å². The number of benzene rings is 2. The summed E-state index contributed by atoms with van der Waals surface area (Å²) in [6, 6.07) is 16.3. The lowest BCUT2D eigenvalue weighted by molar-refractivity contribution is -0.143. The molecule has 12 heteroatoms. The molecule has 1 aliphatic carbocycles. The summed E-state index contributed by atoms with van der Waals surface area (Å²) >= 11 is 7.22. The number of hydrogen-bond acceptors (Lipinski definition) is 9. The Morgan fingerprint density at radius 1 is 0.942 bits per heavy atom. The molecule has 2 aromatic carbocycles. The number of aromatic nitrogens is 2. The van der Waals surface area contributed by atoms with Gasteiger partial charge in [0.15, 0.2) is 0 Å². The van der Waals surface area contributed by atoms with Crippen LogP contribution in [0.1, 0.15) is 72.6 Å². The van der Waals surface area contributed by atoms with Gasteiger partial charge in [-0.1, -0.05) is 48.0 Å². The minimum Gasteiger partial charge on any atom is -0.481 e. The Kier molecular flexibility index (Phi) is 11.0. The van der Waals surface area contributed by atoms with Crippen LogP contribution in [-0.2, 0) is 29.1 Å². The van der Waals surface area contributed by atoms with Gasteiger partial charge in [0, 0.05) is 59.9 Å². The van der Waals surface area contributed by atoms with E-state index >= 15 is 0 Å². The normalized spacial score (nSPS) is 16.8. The molecule has 1 aliphatic heterocycles. The number of halogens is 1. The average Bonchev–Trinajstić information content (AvgIpc) is 3.74. The number of carboxylic acids is 1. The average molecular weight is 728 g/mol. The molecule has 4 aromatic rings. The van der Waals surface area contributed by atoms with Crippen LogP contribution in [0.4, 0.5) is 0 Å². The Morgan fingerprint density at radius 2 is 1.67 bits per heavy atom. The van der Waals surface area contributed by atoms with Crippen LogP contribution >= 0.6 is 11.6 Å². The highest BCUT2D eigenvalue weighted by molar-refractivity contribution is 6.36. The van der Waals surface area contributed by atoms with Crippen molar-refractivity contribution < 1.29 is 28.9 Å². The van der Waals surface area contributed by atoms with Crippen LogP contribution in [0.3, 0.4) is 0 Å². The van der Waals surface area contributed by atoms with Crippen LogP contribution in [0.2, 0.25) is 5.02 Å². The number of amides is 1. The maximum Gasteiger partial charge on any atom is 0.323 e. The van der Waals surface area contributed by atoms with Crippen LogP contribution in [0.15, 0.2) is 48.5 Å². The number of nitrogens with zero attached hydrogens (tertiary/aromatic N) is 2. The van der Waals surface area contributed by atoms with E-state index < -0.39 is 11.5 Å². The lowest BCUT2D eigenvalue weighted by Crippen LogP contribution is -2.46. The van der Waals surface area contributed by atoms with Crippen molar-refractivity contribution in [1.82, 2.24) is 25.9 Å². The molecule has 6 rings (SSSR count). The number of hydrogen-bond donors (Lipinski definition) is 4. The van der Waals surface area contributed by atoms with Crippen LogP contribution < -0.4 is 30.2 Å². The number of carbonyl (C=O) groups excluding carboxylic acids is 1. The predicted octanol–water partition coefficient (Wildman–Crippen LogP) is 6.49. The van der Waals surface area contributed by atoms with Crippen molar-refractivity contribution in [3.8, 4) is 40.0 Å². The Morgan fingerprint density at radius 3 is 2.38 bits per heavy atom. The summed E-state index contributed by atoms with van der Waals surface area (Å²) in [5.41, 5.74) is 8.21. The Balaban J connectivity index is 1.23. The SMILES string of the molecule is COc1nc(O[C@H]2CCc3c(-c4cccc(-c5cc(C)c(CNC[C@@H]6CCC(=O)N6)c(OC)n5)c4Cl)cccc32)c(C)cc1CNC(C)(C)C(=O)O. The number of pyridine rings is 2. The van der Waals surface area contributed by atoms with Crippen molar-refractivity contribution >= 4 is 23.5 Å². The highest BCUT2D eigenvalue weighted by Gasteiger charge is 2.30. The van der Waals surface area contributed by atoms with E-state index in [-0.39, 0.29) is 24.6 Å². The molecule has 0 unspecified atom stereocenters. The number of fused-ring (bicyclic) bond motifs is 1. The summed E-state index contributed by atoms with van der Waals surface area (Å²) < 4.78 is 17.9. The second-order valence-electron chi connectivity index (χ2n) is 14.0. The first-order valence-electron chi connectivity index (χ1n) is 17.5. The van der Waals surface area contributed by atoms with Gasteiger partial charge in [0.1, 0.15) is 11.6 Å². The zero-order chi connectivity index (χ0) is 37.2. The van der Waals surface area contributed by atoms with Crippen LogP contribution in [0.25, 0.3) is 22.4 Å². The number of nitrogens with one attached hydrogen (secondary N) is 3. The van der Waals surface area contributed by atoms with E-state index in [1.165, 1.54) is 5.56 Å². The number of aryl methyl sites for hydroxylation is 2. The summed E-state index contributed by atoms with van der Waals surface area (Å²) in [4.78, 5) is 32.7. The monoisotopic (exact) mass is 727 g/mol. The summed E-state index contributed by atoms with van der Waals surface area (Å²) in [5, 5.41) is 19.6. The van der Waals surface area contributed by atoms with Crippen LogP contribution in [-0.4, -0.2) is 59.3 Å². The molecular weight excluding hydrogens is 682 g/mol.